The molecule has 6 rings (SSSR count). The fourth-order valence-corrected chi connectivity index (χ4v) is 5.34. The van der Waals surface area contributed by atoms with Crippen molar-refractivity contribution in [3.8, 4) is 33.0 Å². The highest BCUT2D eigenvalue weighted by atomic mass is 32.1. The van der Waals surface area contributed by atoms with Crippen molar-refractivity contribution in [2.24, 2.45) is 5.41 Å². The van der Waals surface area contributed by atoms with E-state index in [2.05, 4.69) is 36.5 Å². The van der Waals surface area contributed by atoms with Gasteiger partial charge in [0.05, 0.1) is 34.8 Å². The first-order chi connectivity index (χ1) is 18.2. The number of fused-ring (bicyclic) bond motifs is 2. The van der Waals surface area contributed by atoms with Gasteiger partial charge in [-0.25, -0.2) is 0 Å². The minimum Gasteiger partial charge on any atom is -0.352 e. The van der Waals surface area contributed by atoms with Gasteiger partial charge in [0, 0.05) is 45.6 Å². The predicted molar refractivity (Wildman–Crippen MR) is 150 cm³/mol. The molecule has 6 aromatic rings. The van der Waals surface area contributed by atoms with Crippen molar-refractivity contribution in [1.82, 2.24) is 25.1 Å². The Morgan fingerprint density at radius 3 is 2.58 bits per heavy atom. The van der Waals surface area contributed by atoms with Gasteiger partial charge in [-0.05, 0) is 47.4 Å². The van der Waals surface area contributed by atoms with Crippen LogP contribution in [0.25, 0.3) is 54.8 Å². The van der Waals surface area contributed by atoms with Crippen LogP contribution in [0.15, 0.2) is 67.3 Å². The topological polar surface area (TPSA) is 99.3 Å². The Hall–Kier alpha value is -4.37. The van der Waals surface area contributed by atoms with E-state index in [1.54, 1.807) is 30.9 Å². The molecule has 7 nitrogen and oxygen atoms in total. The highest BCUT2D eigenvalue weighted by Crippen LogP contribution is 2.37. The molecular formula is C29H25FN6OS. The molecule has 0 bridgehead atoms. The van der Waals surface area contributed by atoms with Crippen LogP contribution < -0.4 is 5.32 Å². The summed E-state index contributed by atoms with van der Waals surface area (Å²) in [5, 5.41) is 12.3. The van der Waals surface area contributed by atoms with Crippen molar-refractivity contribution in [3.05, 3.63) is 72.4 Å². The van der Waals surface area contributed by atoms with E-state index < -0.39 is 0 Å². The monoisotopic (exact) mass is 524 g/mol. The predicted octanol–water partition coefficient (Wildman–Crippen LogP) is 7.41. The fraction of sp³-hybridized carbons (Fsp3) is 0.172. The normalized spacial score (nSPS) is 11.9. The van der Waals surface area contributed by atoms with E-state index >= 15 is 0 Å². The summed E-state index contributed by atoms with van der Waals surface area (Å²) >= 11 is 1.10. The number of benzene rings is 1. The number of H-pyrrole nitrogens is 2. The van der Waals surface area contributed by atoms with Gasteiger partial charge in [0.15, 0.2) is 5.13 Å². The number of aromatic amines is 2. The third-order valence-corrected chi connectivity index (χ3v) is 7.16. The molecule has 0 fully saturated rings. The van der Waals surface area contributed by atoms with E-state index in [1.807, 2.05) is 45.0 Å². The van der Waals surface area contributed by atoms with Gasteiger partial charge in [-0.2, -0.15) is 9.49 Å². The Morgan fingerprint density at radius 2 is 1.79 bits per heavy atom. The fourth-order valence-electron chi connectivity index (χ4n) is 4.59. The molecule has 0 aliphatic heterocycles. The summed E-state index contributed by atoms with van der Waals surface area (Å²) < 4.78 is 13.7. The highest BCUT2D eigenvalue weighted by Gasteiger charge is 2.17. The van der Waals surface area contributed by atoms with Crippen LogP contribution in [-0.4, -0.2) is 31.1 Å². The first-order valence-electron chi connectivity index (χ1n) is 12.2. The van der Waals surface area contributed by atoms with Crippen molar-refractivity contribution in [1.29, 1.82) is 0 Å². The zero-order valence-corrected chi connectivity index (χ0v) is 21.9. The number of amides is 1. The molecule has 38 heavy (non-hydrogen) atoms. The molecule has 0 atom stereocenters. The van der Waals surface area contributed by atoms with Crippen LogP contribution in [0.1, 0.15) is 27.2 Å². The standard InChI is InChI=1S/C29H25FN6OS/c1-29(2,3)11-27(37)33-18-8-17(12-31-13-18)16-4-5-22-20(9-16)28(36-35-22)23-10-19-21(14-32-15-24(19)34-23)25-6-7-26(30)38-25/h4-10,12-15,34H,11H2,1-3H3,(H,33,37)(H,35,36). The lowest BCUT2D eigenvalue weighted by Gasteiger charge is -2.17. The van der Waals surface area contributed by atoms with Gasteiger partial charge in [-0.15, -0.1) is 11.3 Å². The van der Waals surface area contributed by atoms with E-state index in [0.717, 1.165) is 66.1 Å². The summed E-state index contributed by atoms with van der Waals surface area (Å²) in [4.78, 5) is 25.4. The molecule has 0 aliphatic rings. The van der Waals surface area contributed by atoms with Gasteiger partial charge < -0.3 is 10.3 Å². The summed E-state index contributed by atoms with van der Waals surface area (Å²) in [6.45, 7) is 6.10. The SMILES string of the molecule is CC(C)(C)CC(=O)Nc1cncc(-c2ccc3[nH]nc(-c4cc5c(-c6ccc(F)s6)cncc5[nH]4)c3c2)c1. The molecule has 9 heteroatoms. The summed E-state index contributed by atoms with van der Waals surface area (Å²) in [6.07, 6.45) is 7.37. The van der Waals surface area contributed by atoms with E-state index in [-0.39, 0.29) is 16.5 Å². The first kappa shape index (κ1) is 24.0. The second kappa shape index (κ2) is 9.18. The molecule has 3 N–H and O–H groups in total. The van der Waals surface area contributed by atoms with E-state index in [0.29, 0.717) is 12.1 Å². The second-order valence-corrected chi connectivity index (χ2v) is 11.5. The lowest BCUT2D eigenvalue weighted by atomic mass is 9.92. The molecule has 1 amide bonds. The summed E-state index contributed by atoms with van der Waals surface area (Å²) in [5.74, 6) is -0.0398. The molecule has 0 aliphatic carbocycles. The maximum atomic E-state index is 13.7. The maximum Gasteiger partial charge on any atom is 0.224 e. The van der Waals surface area contributed by atoms with Crippen LogP contribution in [0.4, 0.5) is 10.1 Å². The van der Waals surface area contributed by atoms with Crippen LogP contribution in [0, 0.1) is 10.5 Å². The number of nitrogens with one attached hydrogen (secondary N) is 3. The van der Waals surface area contributed by atoms with Crippen molar-refractivity contribution in [2.45, 2.75) is 27.2 Å². The third-order valence-electron chi connectivity index (χ3n) is 6.25. The maximum absolute atomic E-state index is 13.7. The number of hydrogen-bond donors (Lipinski definition) is 3. The molecule has 5 heterocycles. The summed E-state index contributed by atoms with van der Waals surface area (Å²) in [7, 11) is 0. The van der Waals surface area contributed by atoms with E-state index in [4.69, 9.17) is 0 Å². The number of halogens is 1. The van der Waals surface area contributed by atoms with Crippen LogP contribution >= 0.6 is 11.3 Å². The van der Waals surface area contributed by atoms with Gasteiger partial charge in [0.2, 0.25) is 5.91 Å². The van der Waals surface area contributed by atoms with E-state index in [9.17, 15) is 9.18 Å². The van der Waals surface area contributed by atoms with Gasteiger partial charge in [0.1, 0.15) is 5.69 Å². The van der Waals surface area contributed by atoms with Crippen molar-refractivity contribution in [3.63, 3.8) is 0 Å². The van der Waals surface area contributed by atoms with Gasteiger partial charge in [-0.3, -0.25) is 19.9 Å². The van der Waals surface area contributed by atoms with Crippen molar-refractivity contribution in [2.75, 3.05) is 5.32 Å². The number of nitrogens with zero attached hydrogens (tertiary/aromatic N) is 3. The Morgan fingerprint density at radius 1 is 0.947 bits per heavy atom. The number of carbonyl (C=O) groups excluding carboxylic acids is 1. The van der Waals surface area contributed by atoms with Crippen LogP contribution in [0.2, 0.25) is 0 Å². The Balaban J connectivity index is 1.36. The number of hydrogen-bond acceptors (Lipinski definition) is 5. The Labute approximate surface area is 222 Å². The summed E-state index contributed by atoms with van der Waals surface area (Å²) in [5.41, 5.74) is 6.60. The number of pyridine rings is 2. The minimum absolute atomic E-state index is 0.0398. The molecule has 190 valence electrons. The first-order valence-corrected chi connectivity index (χ1v) is 13.0. The Kier molecular flexibility index (Phi) is 5.80. The van der Waals surface area contributed by atoms with Gasteiger partial charge in [0.25, 0.3) is 0 Å². The minimum atomic E-state index is -0.231. The third kappa shape index (κ3) is 4.68. The number of thiophene rings is 1. The Bertz CT molecular complexity index is 1810. The number of aromatic nitrogens is 5. The zero-order valence-electron chi connectivity index (χ0n) is 21.1. The number of anilines is 1. The average molecular weight is 525 g/mol. The van der Waals surface area contributed by atoms with Crippen LogP contribution in [0.3, 0.4) is 0 Å². The zero-order chi connectivity index (χ0) is 26.4. The average Bonchev–Trinajstić information content (AvgIpc) is 3.60. The van der Waals surface area contributed by atoms with Crippen molar-refractivity contribution < 1.29 is 9.18 Å². The lowest BCUT2D eigenvalue weighted by molar-refractivity contribution is -0.117. The van der Waals surface area contributed by atoms with Gasteiger partial charge in [-0.1, -0.05) is 26.8 Å². The van der Waals surface area contributed by atoms with Crippen LogP contribution in [-0.2, 0) is 4.79 Å². The lowest BCUT2D eigenvalue weighted by Crippen LogP contribution is -2.19. The number of rotatable bonds is 5. The molecule has 0 saturated heterocycles. The highest BCUT2D eigenvalue weighted by molar-refractivity contribution is 7.14. The molecule has 5 aromatic heterocycles. The molecular weight excluding hydrogens is 499 g/mol. The quantitative estimate of drug-likeness (QED) is 0.219. The smallest absolute Gasteiger partial charge is 0.224 e. The number of carbonyl (C=O) groups is 1. The van der Waals surface area contributed by atoms with E-state index in [1.165, 1.54) is 6.07 Å². The molecule has 1 aromatic carbocycles. The molecule has 0 radical (unpaired) electrons. The summed E-state index contributed by atoms with van der Waals surface area (Å²) in [6, 6.07) is 13.2. The molecule has 0 spiro atoms. The molecule has 0 saturated carbocycles. The largest absolute Gasteiger partial charge is 0.352 e. The molecule has 0 unspecified atom stereocenters. The van der Waals surface area contributed by atoms with Crippen molar-refractivity contribution >= 4 is 44.7 Å². The second-order valence-electron chi connectivity index (χ2n) is 10.5. The van der Waals surface area contributed by atoms with Gasteiger partial charge >= 0.3 is 0 Å². The van der Waals surface area contributed by atoms with Crippen LogP contribution in [0.5, 0.6) is 0 Å².